The number of ether oxygens (including phenoxy) is 1. The number of aromatic hydroxyl groups is 1. The summed E-state index contributed by atoms with van der Waals surface area (Å²) in [6.07, 6.45) is 2.52. The number of benzene rings is 1. The van der Waals surface area contributed by atoms with Gasteiger partial charge in [-0.15, -0.1) is 0 Å². The summed E-state index contributed by atoms with van der Waals surface area (Å²) in [5.74, 6) is -2.97. The zero-order valence-corrected chi connectivity index (χ0v) is 25.2. The summed E-state index contributed by atoms with van der Waals surface area (Å²) >= 11 is 5.90. The molecule has 5 N–H and O–H groups in total. The van der Waals surface area contributed by atoms with Crippen molar-refractivity contribution >= 4 is 29.4 Å². The van der Waals surface area contributed by atoms with Crippen molar-refractivity contribution in [1.29, 1.82) is 0 Å². The number of pyridine rings is 1. The zero-order chi connectivity index (χ0) is 31.4. The summed E-state index contributed by atoms with van der Waals surface area (Å²) < 4.78 is 20.5. The Morgan fingerprint density at radius 2 is 1.95 bits per heavy atom. The van der Waals surface area contributed by atoms with Gasteiger partial charge in [-0.25, -0.2) is 4.39 Å². The lowest BCUT2D eigenvalue weighted by atomic mass is 9.95. The molecule has 2 amide bonds. The van der Waals surface area contributed by atoms with Crippen LogP contribution in [0.5, 0.6) is 5.75 Å². The molecule has 13 heteroatoms. The number of nitrogens with two attached hydrogens (primary N) is 2. The van der Waals surface area contributed by atoms with Gasteiger partial charge in [0.15, 0.2) is 5.75 Å². The van der Waals surface area contributed by atoms with E-state index in [-0.39, 0.29) is 42.3 Å². The highest BCUT2D eigenvalue weighted by Gasteiger charge is 2.44. The van der Waals surface area contributed by atoms with E-state index in [1.807, 2.05) is 6.92 Å². The second-order valence-electron chi connectivity index (χ2n) is 11.2. The lowest BCUT2D eigenvalue weighted by molar-refractivity contribution is -0.151. The molecule has 2 aliphatic heterocycles. The molecule has 1 aromatic heterocycles. The van der Waals surface area contributed by atoms with Gasteiger partial charge in [-0.2, -0.15) is 0 Å². The van der Waals surface area contributed by atoms with Crippen LogP contribution in [0.3, 0.4) is 0 Å². The van der Waals surface area contributed by atoms with E-state index in [2.05, 4.69) is 0 Å². The molecule has 0 fully saturated rings. The highest BCUT2D eigenvalue weighted by atomic mass is 35.5. The Labute approximate surface area is 254 Å². The number of carbonyl (C=O) groups is 3. The fraction of sp³-hybridized carbons (Fsp3) is 0.533. The molecule has 43 heavy (non-hydrogen) atoms. The fourth-order valence-corrected chi connectivity index (χ4v) is 5.95. The molecule has 2 aliphatic rings. The molecule has 3 atom stereocenters. The number of hydrogen-bond donors (Lipinski definition) is 3. The van der Waals surface area contributed by atoms with Crippen molar-refractivity contribution in [2.24, 2.45) is 11.5 Å². The third-order valence-corrected chi connectivity index (χ3v) is 8.25. The first-order chi connectivity index (χ1) is 20.5. The Hall–Kier alpha value is -3.48. The number of carbonyl (C=O) groups excluding carboxylic acids is 3. The highest BCUT2D eigenvalue weighted by Crippen LogP contribution is 2.37. The molecule has 2 aromatic rings. The van der Waals surface area contributed by atoms with Crippen LogP contribution in [0.25, 0.3) is 0 Å². The predicted molar refractivity (Wildman–Crippen MR) is 158 cm³/mol. The highest BCUT2D eigenvalue weighted by molar-refractivity contribution is 6.30. The Morgan fingerprint density at radius 1 is 1.21 bits per heavy atom. The van der Waals surface area contributed by atoms with E-state index in [9.17, 15) is 28.7 Å². The van der Waals surface area contributed by atoms with E-state index in [1.54, 1.807) is 6.92 Å². The molecule has 234 valence electrons. The molecule has 0 spiro atoms. The third kappa shape index (κ3) is 6.71. The Morgan fingerprint density at radius 3 is 2.63 bits per heavy atom. The summed E-state index contributed by atoms with van der Waals surface area (Å²) in [7, 11) is 0. The minimum absolute atomic E-state index is 0.00345. The maximum Gasteiger partial charge on any atom is 0.323 e. The minimum atomic E-state index is -0.836. The molecule has 0 radical (unpaired) electrons. The number of unbranched alkanes of at least 4 members (excludes halogenated alkanes) is 2. The molecular weight excluding hydrogens is 581 g/mol. The van der Waals surface area contributed by atoms with E-state index in [4.69, 9.17) is 27.8 Å². The Balaban J connectivity index is 1.61. The lowest BCUT2D eigenvalue weighted by Gasteiger charge is -2.30. The molecule has 3 unspecified atom stereocenters. The van der Waals surface area contributed by atoms with E-state index in [1.165, 1.54) is 32.6 Å². The smallest absolute Gasteiger partial charge is 0.323 e. The van der Waals surface area contributed by atoms with Crippen molar-refractivity contribution in [2.45, 2.75) is 83.6 Å². The van der Waals surface area contributed by atoms with Gasteiger partial charge in [-0.05, 0) is 63.3 Å². The monoisotopic (exact) mass is 619 g/mol. The van der Waals surface area contributed by atoms with Gasteiger partial charge in [-0.1, -0.05) is 37.4 Å². The second kappa shape index (κ2) is 13.9. The summed E-state index contributed by atoms with van der Waals surface area (Å²) in [4.78, 5) is 56.5. The van der Waals surface area contributed by atoms with Gasteiger partial charge in [-0.3, -0.25) is 23.7 Å². The van der Waals surface area contributed by atoms with Gasteiger partial charge in [0.1, 0.15) is 29.8 Å². The molecule has 0 saturated carbocycles. The number of rotatable bonds is 13. The first kappa shape index (κ1) is 32.4. The number of aromatic nitrogens is 1. The minimum Gasteiger partial charge on any atom is -0.502 e. The van der Waals surface area contributed by atoms with Crippen LogP contribution < -0.4 is 17.0 Å². The van der Waals surface area contributed by atoms with Gasteiger partial charge in [0.05, 0.1) is 17.1 Å². The van der Waals surface area contributed by atoms with Crippen LogP contribution in [0.15, 0.2) is 23.0 Å². The van der Waals surface area contributed by atoms with Gasteiger partial charge in [0.2, 0.25) is 0 Å². The van der Waals surface area contributed by atoms with Crippen molar-refractivity contribution in [1.82, 2.24) is 14.4 Å². The number of fused-ring (bicyclic) bond motifs is 3. The number of halogens is 2. The molecule has 4 rings (SSSR count). The largest absolute Gasteiger partial charge is 0.502 e. The van der Waals surface area contributed by atoms with Crippen LogP contribution in [-0.2, 0) is 22.5 Å². The van der Waals surface area contributed by atoms with E-state index in [0.29, 0.717) is 43.4 Å². The van der Waals surface area contributed by atoms with E-state index < -0.39 is 53.2 Å². The summed E-state index contributed by atoms with van der Waals surface area (Å²) in [5.41, 5.74) is 11.4. The van der Waals surface area contributed by atoms with Crippen LogP contribution in [0, 0.1) is 5.82 Å². The number of esters is 1. The average Bonchev–Trinajstić information content (AvgIpc) is 3.24. The van der Waals surface area contributed by atoms with Crippen LogP contribution in [-0.4, -0.2) is 69.0 Å². The van der Waals surface area contributed by atoms with Crippen molar-refractivity contribution in [2.75, 3.05) is 19.6 Å². The topological polar surface area (TPSA) is 161 Å². The third-order valence-electron chi connectivity index (χ3n) is 7.96. The lowest BCUT2D eigenvalue weighted by Crippen LogP contribution is -2.41. The number of amides is 2. The molecule has 0 aliphatic carbocycles. The quantitative estimate of drug-likeness (QED) is 0.228. The van der Waals surface area contributed by atoms with Crippen molar-refractivity contribution in [3.8, 4) is 5.75 Å². The summed E-state index contributed by atoms with van der Waals surface area (Å²) in [6, 6.07) is 3.30. The first-order valence-corrected chi connectivity index (χ1v) is 15.1. The van der Waals surface area contributed by atoms with Gasteiger partial charge in [0, 0.05) is 18.7 Å². The van der Waals surface area contributed by atoms with Crippen LogP contribution in [0.4, 0.5) is 4.39 Å². The summed E-state index contributed by atoms with van der Waals surface area (Å²) in [6.45, 7) is 4.40. The number of hydrogen-bond acceptors (Lipinski definition) is 8. The standard InChI is InChI=1S/C30H39ClFN5O6/c1-3-4-8-23-36(15-17(2)43-30(42)22(34)7-5-6-12-33)28(40)25-19-11-13-35(16-18-9-10-21(32)20(31)14-18)27(39)24(19)26(38)29(41)37(23)25/h9-10,14,17,22-23,38H,3-8,11-13,15-16,33-34H2,1-2H3. The molecule has 11 nitrogen and oxygen atoms in total. The van der Waals surface area contributed by atoms with Gasteiger partial charge < -0.3 is 31.1 Å². The molecular formula is C30H39ClFN5O6. The summed E-state index contributed by atoms with van der Waals surface area (Å²) in [5, 5.41) is 11.0. The molecule has 0 saturated heterocycles. The maximum atomic E-state index is 13.9. The van der Waals surface area contributed by atoms with Crippen molar-refractivity contribution in [3.63, 3.8) is 0 Å². The van der Waals surface area contributed by atoms with E-state index >= 15 is 0 Å². The maximum absolute atomic E-state index is 13.9. The molecule has 1 aromatic carbocycles. The van der Waals surface area contributed by atoms with Crippen molar-refractivity contribution < 1.29 is 28.6 Å². The fourth-order valence-electron chi connectivity index (χ4n) is 5.75. The zero-order valence-electron chi connectivity index (χ0n) is 24.5. The van der Waals surface area contributed by atoms with Crippen LogP contribution >= 0.6 is 11.6 Å². The number of nitrogens with zero attached hydrogens (tertiary/aromatic N) is 3. The predicted octanol–water partition coefficient (Wildman–Crippen LogP) is 3.08. The van der Waals surface area contributed by atoms with Gasteiger partial charge >= 0.3 is 5.97 Å². The van der Waals surface area contributed by atoms with E-state index in [0.717, 1.165) is 12.8 Å². The molecule has 3 heterocycles. The van der Waals surface area contributed by atoms with Crippen molar-refractivity contribution in [3.05, 3.63) is 61.8 Å². The Bertz CT molecular complexity index is 1450. The van der Waals surface area contributed by atoms with Gasteiger partial charge in [0.25, 0.3) is 17.4 Å². The normalized spacial score (nSPS) is 17.6. The SMILES string of the molecule is CCCCC1N(CC(C)OC(=O)C(N)CCCCN)C(=O)c2c3c(c(O)c(=O)n21)C(=O)N(Cc1ccc(F)c(Cl)c1)CC3. The first-order valence-electron chi connectivity index (χ1n) is 14.7. The van der Waals surface area contributed by atoms with Crippen LogP contribution in [0.2, 0.25) is 5.02 Å². The Kier molecular flexibility index (Phi) is 10.5. The second-order valence-corrected chi connectivity index (χ2v) is 11.6. The molecule has 0 bridgehead atoms. The van der Waals surface area contributed by atoms with Crippen LogP contribution in [0.1, 0.15) is 90.5 Å². The average molecular weight is 620 g/mol.